The van der Waals surface area contributed by atoms with Gasteiger partial charge in [-0.25, -0.2) is 0 Å². The maximum atomic E-state index is 2.51. The van der Waals surface area contributed by atoms with Crippen LogP contribution in [0.25, 0.3) is 60.5 Å². The summed E-state index contributed by atoms with van der Waals surface area (Å²) in [5, 5.41) is 5.01. The van der Waals surface area contributed by atoms with Crippen molar-refractivity contribution in [3.05, 3.63) is 277 Å². The van der Waals surface area contributed by atoms with Crippen molar-refractivity contribution in [3.8, 4) is 33.4 Å². The lowest BCUT2D eigenvalue weighted by atomic mass is 9.66. The number of anilines is 3. The van der Waals surface area contributed by atoms with E-state index in [1.54, 1.807) is 0 Å². The molecule has 0 atom stereocenters. The Morgan fingerprint density at radius 1 is 0.391 bits per heavy atom. The Kier molecular flexibility index (Phi) is 9.27. The SMILES string of the molecule is C1=CC2=C(CC1)c1c(N(c3ccc(-c4cccc(-c5ccc6ccccc6c5)c4)cc3)c3cccc(-c4cccc5ccccc45)c3)cccc1C2(c1ccccc1)c1ccccc1. The predicted molar refractivity (Wildman–Crippen MR) is 271 cm³/mol. The van der Waals surface area contributed by atoms with E-state index in [0.717, 1.165) is 24.2 Å². The smallest absolute Gasteiger partial charge is 0.0711 e. The Bertz CT molecular complexity index is 3380. The first-order valence-corrected chi connectivity index (χ1v) is 22.5. The first kappa shape index (κ1) is 37.7. The van der Waals surface area contributed by atoms with Crippen LogP contribution >= 0.6 is 0 Å². The molecule has 10 aromatic rings. The molecule has 64 heavy (non-hydrogen) atoms. The van der Waals surface area contributed by atoms with Crippen LogP contribution in [0, 0.1) is 0 Å². The standard InChI is InChI=1S/C63H45N/c1-3-24-52(25-4-1)63(53-26-5-2-6-27-53)59-32-12-11-30-58(59)62-60(63)33-16-34-61(62)64(55-28-14-23-51(43-55)57-31-15-20-46-18-9-10-29-56(46)57)54-39-37-45(38-40-54)48-21-13-22-49(41-48)50-36-35-44-17-7-8-19-47(44)42-50/h1-10,12-29,31-43H,11,30H2. The molecule has 0 amide bonds. The van der Waals surface area contributed by atoms with Gasteiger partial charge in [-0.3, -0.25) is 0 Å². The molecule has 0 saturated heterocycles. The molecule has 0 radical (unpaired) electrons. The molecule has 2 aliphatic rings. The molecule has 0 N–H and O–H groups in total. The van der Waals surface area contributed by atoms with Crippen molar-refractivity contribution < 1.29 is 0 Å². The molecule has 0 spiro atoms. The van der Waals surface area contributed by atoms with Crippen molar-refractivity contribution in [2.45, 2.75) is 18.3 Å². The van der Waals surface area contributed by atoms with Gasteiger partial charge in [0.1, 0.15) is 0 Å². The quantitative estimate of drug-likeness (QED) is 0.148. The highest BCUT2D eigenvalue weighted by molar-refractivity contribution is 6.00. The normalized spacial score (nSPS) is 13.8. The summed E-state index contributed by atoms with van der Waals surface area (Å²) in [6, 6.07) is 87.4. The van der Waals surface area contributed by atoms with Crippen LogP contribution in [-0.4, -0.2) is 0 Å². The molecule has 0 bridgehead atoms. The minimum Gasteiger partial charge on any atom is -0.310 e. The van der Waals surface area contributed by atoms with Gasteiger partial charge in [0, 0.05) is 16.9 Å². The largest absolute Gasteiger partial charge is 0.310 e. The van der Waals surface area contributed by atoms with Crippen molar-refractivity contribution in [3.63, 3.8) is 0 Å². The first-order valence-electron chi connectivity index (χ1n) is 22.5. The number of rotatable bonds is 8. The number of benzene rings is 10. The maximum absolute atomic E-state index is 2.51. The second kappa shape index (κ2) is 15.7. The van der Waals surface area contributed by atoms with Crippen LogP contribution in [0.3, 0.4) is 0 Å². The summed E-state index contributed by atoms with van der Waals surface area (Å²) in [4.78, 5) is 2.51. The molecule has 0 fully saturated rings. The lowest BCUT2D eigenvalue weighted by Gasteiger charge is -2.35. The van der Waals surface area contributed by atoms with Crippen LogP contribution in [0.2, 0.25) is 0 Å². The van der Waals surface area contributed by atoms with Crippen LogP contribution in [0.4, 0.5) is 17.1 Å². The summed E-state index contributed by atoms with van der Waals surface area (Å²) in [5.74, 6) is 0. The average molecular weight is 816 g/mol. The van der Waals surface area contributed by atoms with E-state index in [0.29, 0.717) is 0 Å². The van der Waals surface area contributed by atoms with Gasteiger partial charge in [0.2, 0.25) is 0 Å². The molecular weight excluding hydrogens is 771 g/mol. The van der Waals surface area contributed by atoms with E-state index in [4.69, 9.17) is 0 Å². The Morgan fingerprint density at radius 3 is 1.80 bits per heavy atom. The van der Waals surface area contributed by atoms with E-state index < -0.39 is 5.41 Å². The van der Waals surface area contributed by atoms with Crippen molar-refractivity contribution in [2.24, 2.45) is 0 Å². The van der Waals surface area contributed by atoms with Gasteiger partial charge in [-0.2, -0.15) is 0 Å². The zero-order valence-electron chi connectivity index (χ0n) is 35.5. The van der Waals surface area contributed by atoms with Crippen LogP contribution < -0.4 is 4.90 Å². The van der Waals surface area contributed by atoms with Gasteiger partial charge in [-0.05, 0) is 138 Å². The third kappa shape index (κ3) is 6.23. The topological polar surface area (TPSA) is 3.24 Å². The molecule has 1 heteroatoms. The van der Waals surface area contributed by atoms with Gasteiger partial charge in [0.25, 0.3) is 0 Å². The highest BCUT2D eigenvalue weighted by Gasteiger charge is 2.48. The zero-order valence-corrected chi connectivity index (χ0v) is 35.5. The van der Waals surface area contributed by atoms with Crippen molar-refractivity contribution in [1.82, 2.24) is 0 Å². The number of hydrogen-bond acceptors (Lipinski definition) is 1. The monoisotopic (exact) mass is 815 g/mol. The zero-order chi connectivity index (χ0) is 42.5. The second-order valence-corrected chi connectivity index (χ2v) is 17.1. The molecule has 0 unspecified atom stereocenters. The first-order chi connectivity index (χ1) is 31.7. The lowest BCUT2D eigenvalue weighted by Crippen LogP contribution is -2.29. The molecular formula is C63H45N. The van der Waals surface area contributed by atoms with E-state index in [2.05, 4.69) is 254 Å². The fraction of sp³-hybridized carbons (Fsp3) is 0.0476. The van der Waals surface area contributed by atoms with Crippen molar-refractivity contribution in [1.29, 1.82) is 0 Å². The molecule has 2 aliphatic carbocycles. The molecule has 0 aromatic heterocycles. The van der Waals surface area contributed by atoms with Gasteiger partial charge >= 0.3 is 0 Å². The summed E-state index contributed by atoms with van der Waals surface area (Å²) in [6.07, 6.45) is 6.79. The number of fused-ring (bicyclic) bond motifs is 4. The second-order valence-electron chi connectivity index (χ2n) is 17.1. The van der Waals surface area contributed by atoms with Gasteiger partial charge in [0.15, 0.2) is 0 Å². The minimum absolute atomic E-state index is 0.462. The highest BCUT2D eigenvalue weighted by atomic mass is 15.1. The number of nitrogens with zero attached hydrogens (tertiary/aromatic N) is 1. The Morgan fingerprint density at radius 2 is 1.00 bits per heavy atom. The Hall–Kier alpha value is -8.00. The summed E-state index contributed by atoms with van der Waals surface area (Å²) in [7, 11) is 0. The molecule has 10 aromatic carbocycles. The predicted octanol–water partition coefficient (Wildman–Crippen LogP) is 16.9. The summed E-state index contributed by atoms with van der Waals surface area (Å²) in [5.41, 5.74) is 18.2. The molecule has 0 heterocycles. The maximum Gasteiger partial charge on any atom is 0.0711 e. The molecule has 1 nitrogen and oxygen atoms in total. The third-order valence-electron chi connectivity index (χ3n) is 13.6. The lowest BCUT2D eigenvalue weighted by molar-refractivity contribution is 0.756. The fourth-order valence-corrected chi connectivity index (χ4v) is 10.7. The van der Waals surface area contributed by atoms with Crippen LogP contribution in [0.1, 0.15) is 35.1 Å². The van der Waals surface area contributed by atoms with E-state index in [1.165, 1.54) is 94.0 Å². The van der Waals surface area contributed by atoms with E-state index in [9.17, 15) is 0 Å². The van der Waals surface area contributed by atoms with E-state index in [-0.39, 0.29) is 0 Å². The summed E-state index contributed by atoms with van der Waals surface area (Å²) in [6.45, 7) is 0. The molecule has 302 valence electrons. The molecule has 0 saturated carbocycles. The molecule has 0 aliphatic heterocycles. The average Bonchev–Trinajstić information content (AvgIpc) is 3.69. The van der Waals surface area contributed by atoms with Gasteiger partial charge < -0.3 is 4.90 Å². The van der Waals surface area contributed by atoms with E-state index in [1.807, 2.05) is 0 Å². The number of hydrogen-bond donors (Lipinski definition) is 0. The van der Waals surface area contributed by atoms with E-state index >= 15 is 0 Å². The van der Waals surface area contributed by atoms with Crippen LogP contribution in [-0.2, 0) is 5.41 Å². The van der Waals surface area contributed by atoms with Gasteiger partial charge in [-0.15, -0.1) is 0 Å². The Labute approximate surface area is 375 Å². The van der Waals surface area contributed by atoms with Crippen LogP contribution in [0.5, 0.6) is 0 Å². The fourth-order valence-electron chi connectivity index (χ4n) is 10.7. The number of allylic oxidation sites excluding steroid dienone is 4. The van der Waals surface area contributed by atoms with Gasteiger partial charge in [0.05, 0.1) is 11.1 Å². The minimum atomic E-state index is -0.462. The van der Waals surface area contributed by atoms with Crippen LogP contribution in [0.15, 0.2) is 254 Å². The van der Waals surface area contributed by atoms with Crippen molar-refractivity contribution >= 4 is 44.2 Å². The summed E-state index contributed by atoms with van der Waals surface area (Å²) < 4.78 is 0. The van der Waals surface area contributed by atoms with Gasteiger partial charge in [-0.1, -0.05) is 206 Å². The highest BCUT2D eigenvalue weighted by Crippen LogP contribution is 2.60. The molecule has 12 rings (SSSR count). The Balaban J connectivity index is 1.05. The third-order valence-corrected chi connectivity index (χ3v) is 13.6. The van der Waals surface area contributed by atoms with Crippen molar-refractivity contribution in [2.75, 3.05) is 4.90 Å². The summed E-state index contributed by atoms with van der Waals surface area (Å²) >= 11 is 0.